The van der Waals surface area contributed by atoms with Gasteiger partial charge >= 0.3 is 0 Å². The van der Waals surface area contributed by atoms with Crippen LogP contribution in [0.25, 0.3) is 5.57 Å². The number of benzene rings is 1. The summed E-state index contributed by atoms with van der Waals surface area (Å²) in [6, 6.07) is 8.61. The SMILES string of the molecule is C=CCC1(C)C(/C=C\C)=C(C=C)c2ccccc21.CC.CP. The summed E-state index contributed by atoms with van der Waals surface area (Å²) in [7, 11) is 2.42. The molecule has 0 aromatic heterocycles. The van der Waals surface area contributed by atoms with Crippen molar-refractivity contribution in [2.45, 2.75) is 39.5 Å². The Morgan fingerprint density at radius 3 is 2.23 bits per heavy atom. The molecule has 2 rings (SSSR count). The predicted molar refractivity (Wildman–Crippen MR) is 108 cm³/mol. The van der Waals surface area contributed by atoms with E-state index in [1.807, 2.05) is 32.7 Å². The topological polar surface area (TPSA) is 0 Å². The third kappa shape index (κ3) is 3.87. The average Bonchev–Trinajstić information content (AvgIpc) is 2.81. The van der Waals surface area contributed by atoms with E-state index in [0.717, 1.165) is 6.42 Å². The highest BCUT2D eigenvalue weighted by atomic mass is 31.0. The van der Waals surface area contributed by atoms with Gasteiger partial charge in [-0.05, 0) is 35.6 Å². The Morgan fingerprint density at radius 1 is 1.14 bits per heavy atom. The van der Waals surface area contributed by atoms with Gasteiger partial charge in [0.05, 0.1) is 0 Å². The summed E-state index contributed by atoms with van der Waals surface area (Å²) < 4.78 is 0. The molecule has 0 spiro atoms. The van der Waals surface area contributed by atoms with Crippen molar-refractivity contribution in [1.82, 2.24) is 0 Å². The second-order valence-electron chi connectivity index (χ2n) is 4.90. The van der Waals surface area contributed by atoms with Crippen LogP contribution in [-0.2, 0) is 5.41 Å². The molecule has 0 nitrogen and oxygen atoms in total. The molecule has 0 heterocycles. The van der Waals surface area contributed by atoms with Crippen LogP contribution in [0.4, 0.5) is 0 Å². The Kier molecular flexibility index (Phi) is 9.70. The molecule has 0 bridgehead atoms. The lowest BCUT2D eigenvalue weighted by Gasteiger charge is -2.27. The van der Waals surface area contributed by atoms with E-state index in [9.17, 15) is 0 Å². The molecule has 1 aliphatic rings. The smallest absolute Gasteiger partial charge is 0.0221 e. The van der Waals surface area contributed by atoms with Gasteiger partial charge in [0.1, 0.15) is 0 Å². The minimum Gasteiger partial charge on any atom is -0.141 e. The van der Waals surface area contributed by atoms with Gasteiger partial charge in [0.2, 0.25) is 0 Å². The van der Waals surface area contributed by atoms with Gasteiger partial charge in [-0.25, -0.2) is 0 Å². The molecule has 0 radical (unpaired) electrons. The van der Waals surface area contributed by atoms with Crippen molar-refractivity contribution >= 4 is 14.8 Å². The number of rotatable bonds is 4. The van der Waals surface area contributed by atoms with Crippen molar-refractivity contribution in [2.75, 3.05) is 6.66 Å². The largest absolute Gasteiger partial charge is 0.141 e. The van der Waals surface area contributed by atoms with Crippen molar-refractivity contribution in [1.29, 1.82) is 0 Å². The van der Waals surface area contributed by atoms with E-state index in [2.05, 4.69) is 72.7 Å². The lowest BCUT2D eigenvalue weighted by atomic mass is 9.76. The summed E-state index contributed by atoms with van der Waals surface area (Å²) in [4.78, 5) is 0. The van der Waals surface area contributed by atoms with Crippen molar-refractivity contribution in [3.05, 3.63) is 78.4 Å². The molecule has 120 valence electrons. The van der Waals surface area contributed by atoms with E-state index >= 15 is 0 Å². The van der Waals surface area contributed by atoms with Gasteiger partial charge in [0, 0.05) is 5.41 Å². The van der Waals surface area contributed by atoms with Gasteiger partial charge in [-0.1, -0.05) is 82.6 Å². The first-order valence-corrected chi connectivity index (χ1v) is 9.13. The average molecular weight is 314 g/mol. The maximum atomic E-state index is 3.98. The molecule has 22 heavy (non-hydrogen) atoms. The van der Waals surface area contributed by atoms with Gasteiger partial charge in [0.25, 0.3) is 0 Å². The first-order chi connectivity index (χ1) is 10.7. The molecule has 0 fully saturated rings. The van der Waals surface area contributed by atoms with E-state index in [1.54, 1.807) is 0 Å². The molecular formula is C21H31P. The molecule has 2 atom stereocenters. The third-order valence-corrected chi connectivity index (χ3v) is 3.79. The van der Waals surface area contributed by atoms with Crippen LogP contribution in [0.5, 0.6) is 0 Å². The van der Waals surface area contributed by atoms with Crippen LogP contribution in [0.3, 0.4) is 0 Å². The summed E-state index contributed by atoms with van der Waals surface area (Å²) in [5.74, 6) is 0. The third-order valence-electron chi connectivity index (χ3n) is 3.79. The monoisotopic (exact) mass is 314 g/mol. The molecule has 2 unspecified atom stereocenters. The van der Waals surface area contributed by atoms with Crippen molar-refractivity contribution in [3.8, 4) is 0 Å². The highest BCUT2D eigenvalue weighted by Gasteiger charge is 2.37. The Hall–Kier alpha value is -1.39. The fraction of sp³-hybridized carbons (Fsp3) is 0.333. The second-order valence-corrected chi connectivity index (χ2v) is 4.90. The number of fused-ring (bicyclic) bond motifs is 1. The molecule has 1 aromatic carbocycles. The number of hydrogen-bond donors (Lipinski definition) is 0. The fourth-order valence-corrected chi connectivity index (χ4v) is 2.96. The molecule has 0 amide bonds. The van der Waals surface area contributed by atoms with Crippen molar-refractivity contribution in [3.63, 3.8) is 0 Å². The highest BCUT2D eigenvalue weighted by Crippen LogP contribution is 2.49. The predicted octanol–water partition coefficient (Wildman–Crippen LogP) is 6.57. The summed E-state index contributed by atoms with van der Waals surface area (Å²) >= 11 is 0. The molecule has 0 saturated heterocycles. The quantitative estimate of drug-likeness (QED) is 0.435. The van der Waals surface area contributed by atoms with Crippen LogP contribution in [0.1, 0.15) is 45.2 Å². The van der Waals surface area contributed by atoms with Gasteiger partial charge in [-0.2, -0.15) is 0 Å². The van der Waals surface area contributed by atoms with Crippen LogP contribution >= 0.6 is 9.24 Å². The Bertz CT molecular complexity index is 549. The minimum atomic E-state index is 0.0222. The maximum Gasteiger partial charge on any atom is 0.0221 e. The molecular weight excluding hydrogens is 283 g/mol. The summed E-state index contributed by atoms with van der Waals surface area (Å²) in [5, 5.41) is 0. The minimum absolute atomic E-state index is 0.0222. The molecule has 1 heteroatoms. The van der Waals surface area contributed by atoms with Gasteiger partial charge in [-0.15, -0.1) is 15.8 Å². The van der Waals surface area contributed by atoms with Crippen LogP contribution in [-0.4, -0.2) is 6.66 Å². The second kappa shape index (κ2) is 10.4. The van der Waals surface area contributed by atoms with Crippen LogP contribution in [0, 0.1) is 0 Å². The van der Waals surface area contributed by atoms with Gasteiger partial charge in [-0.3, -0.25) is 0 Å². The zero-order valence-corrected chi connectivity index (χ0v) is 16.0. The molecule has 0 N–H and O–H groups in total. The van der Waals surface area contributed by atoms with E-state index in [4.69, 9.17) is 0 Å². The normalized spacial score (nSPS) is 18.8. The maximum absolute atomic E-state index is 3.98. The first-order valence-electron chi connectivity index (χ1n) is 7.97. The van der Waals surface area contributed by atoms with Crippen LogP contribution in [0.15, 0.2) is 67.3 Å². The van der Waals surface area contributed by atoms with Crippen molar-refractivity contribution < 1.29 is 0 Å². The van der Waals surface area contributed by atoms with Crippen molar-refractivity contribution in [2.24, 2.45) is 0 Å². The van der Waals surface area contributed by atoms with E-state index in [0.29, 0.717) is 0 Å². The summed E-state index contributed by atoms with van der Waals surface area (Å²) in [6.07, 6.45) is 9.24. The molecule has 0 saturated carbocycles. The Labute approximate surface area is 139 Å². The lowest BCUT2D eigenvalue weighted by molar-refractivity contribution is 0.592. The lowest BCUT2D eigenvalue weighted by Crippen LogP contribution is -2.20. The zero-order valence-electron chi connectivity index (χ0n) is 14.8. The molecule has 1 aromatic rings. The van der Waals surface area contributed by atoms with E-state index in [1.165, 1.54) is 22.3 Å². The number of hydrogen-bond acceptors (Lipinski definition) is 0. The van der Waals surface area contributed by atoms with E-state index < -0.39 is 0 Å². The number of allylic oxidation sites excluding steroid dienone is 6. The van der Waals surface area contributed by atoms with Gasteiger partial charge < -0.3 is 0 Å². The molecule has 1 aliphatic carbocycles. The zero-order chi connectivity index (χ0) is 17.2. The van der Waals surface area contributed by atoms with Crippen LogP contribution < -0.4 is 0 Å². The summed E-state index contributed by atoms with van der Waals surface area (Å²) in [5.41, 5.74) is 5.32. The first kappa shape index (κ1) is 20.6. The standard InChI is InChI=1S/C18H20.C2H6.CH5P/c1-5-10-16-14(7-3)15-11-8-9-12-17(15)18(16,4)13-6-2;2*1-2/h5-12H,2-3,13H2,1,4H3;1-2H3;2H2,1H3/b10-5-;;. The van der Waals surface area contributed by atoms with E-state index in [-0.39, 0.29) is 5.41 Å². The molecule has 0 aliphatic heterocycles. The Morgan fingerprint density at radius 2 is 1.73 bits per heavy atom. The highest BCUT2D eigenvalue weighted by molar-refractivity contribution is 7.15. The fourth-order valence-electron chi connectivity index (χ4n) is 2.96. The summed E-state index contributed by atoms with van der Waals surface area (Å²) in [6.45, 7) is 18.2. The van der Waals surface area contributed by atoms with Gasteiger partial charge in [0.15, 0.2) is 0 Å². The Balaban J connectivity index is 0.00000102. The van der Waals surface area contributed by atoms with Crippen LogP contribution in [0.2, 0.25) is 0 Å².